The molecule has 2 heterocycles. The van der Waals surface area contributed by atoms with E-state index in [1.165, 1.54) is 26.6 Å². The van der Waals surface area contributed by atoms with Crippen LogP contribution >= 0.6 is 11.3 Å². The zero-order valence-corrected chi connectivity index (χ0v) is 13.7. The molecular formula is C17H24N2S. The van der Waals surface area contributed by atoms with Crippen LogP contribution in [-0.2, 0) is 13.0 Å². The molecule has 0 saturated heterocycles. The number of fused-ring (bicyclic) bond motifs is 1. The highest BCUT2D eigenvalue weighted by molar-refractivity contribution is 7.12. The van der Waals surface area contributed by atoms with Crippen LogP contribution in [0.15, 0.2) is 18.3 Å². The van der Waals surface area contributed by atoms with Gasteiger partial charge in [-0.2, -0.15) is 0 Å². The molecule has 0 fully saturated rings. The molecule has 2 aromatic rings. The summed E-state index contributed by atoms with van der Waals surface area (Å²) in [6, 6.07) is 4.74. The Balaban J connectivity index is 1.93. The minimum Gasteiger partial charge on any atom is -0.346 e. The number of aromatic nitrogens is 1. The molecule has 1 aliphatic rings. The second-order valence-corrected chi connectivity index (χ2v) is 8.29. The smallest absolute Gasteiger partial charge is 0.0566 e. The Morgan fingerprint density at radius 2 is 2.15 bits per heavy atom. The van der Waals surface area contributed by atoms with Crippen LogP contribution in [0.2, 0.25) is 0 Å². The van der Waals surface area contributed by atoms with Gasteiger partial charge in [0.1, 0.15) is 0 Å². The largest absolute Gasteiger partial charge is 0.346 e. The maximum Gasteiger partial charge on any atom is 0.0566 e. The predicted octanol–water partition coefficient (Wildman–Crippen LogP) is 4.19. The van der Waals surface area contributed by atoms with Crippen LogP contribution < -0.4 is 5.73 Å². The van der Waals surface area contributed by atoms with Crippen LogP contribution in [0, 0.1) is 19.3 Å². The van der Waals surface area contributed by atoms with Gasteiger partial charge in [0.25, 0.3) is 0 Å². The molecule has 1 aliphatic carbocycles. The van der Waals surface area contributed by atoms with Gasteiger partial charge >= 0.3 is 0 Å². The van der Waals surface area contributed by atoms with Crippen molar-refractivity contribution in [1.82, 2.24) is 4.57 Å². The second-order valence-electron chi connectivity index (χ2n) is 6.95. The van der Waals surface area contributed by atoms with Gasteiger partial charge in [-0.1, -0.05) is 13.8 Å². The maximum absolute atomic E-state index is 6.35. The third kappa shape index (κ3) is 2.45. The van der Waals surface area contributed by atoms with Crippen molar-refractivity contribution in [3.63, 3.8) is 0 Å². The van der Waals surface area contributed by atoms with E-state index in [4.69, 9.17) is 5.73 Å². The zero-order valence-electron chi connectivity index (χ0n) is 12.9. The summed E-state index contributed by atoms with van der Waals surface area (Å²) in [6.07, 6.45) is 4.43. The summed E-state index contributed by atoms with van der Waals surface area (Å²) in [7, 11) is 0. The number of hydrogen-bond acceptors (Lipinski definition) is 2. The Morgan fingerprint density at radius 1 is 1.40 bits per heavy atom. The van der Waals surface area contributed by atoms with Crippen molar-refractivity contribution in [1.29, 1.82) is 0 Å². The molecule has 20 heavy (non-hydrogen) atoms. The van der Waals surface area contributed by atoms with Crippen LogP contribution in [-0.4, -0.2) is 4.57 Å². The molecule has 3 rings (SSSR count). The van der Waals surface area contributed by atoms with Crippen LogP contribution in [0.5, 0.6) is 0 Å². The first-order valence-electron chi connectivity index (χ1n) is 7.35. The molecule has 0 radical (unpaired) electrons. The van der Waals surface area contributed by atoms with Gasteiger partial charge in [0.2, 0.25) is 0 Å². The summed E-state index contributed by atoms with van der Waals surface area (Å²) in [5.74, 6) is 0. The molecule has 0 aliphatic heterocycles. The Labute approximate surface area is 125 Å². The highest BCUT2D eigenvalue weighted by atomic mass is 32.1. The summed E-state index contributed by atoms with van der Waals surface area (Å²) in [5, 5.41) is 0. The molecule has 0 spiro atoms. The third-order valence-electron chi connectivity index (χ3n) is 4.48. The third-order valence-corrected chi connectivity index (χ3v) is 5.61. The highest BCUT2D eigenvalue weighted by Crippen LogP contribution is 2.40. The molecule has 0 aromatic carbocycles. The number of nitrogens with zero attached hydrogens (tertiary/aromatic N) is 1. The van der Waals surface area contributed by atoms with Crippen LogP contribution in [0.4, 0.5) is 0 Å². The summed E-state index contributed by atoms with van der Waals surface area (Å²) in [6.45, 7) is 10.0. The Hall–Kier alpha value is -1.06. The molecule has 108 valence electrons. The molecule has 1 atom stereocenters. The molecule has 2 nitrogen and oxygen atoms in total. The molecule has 1 unspecified atom stereocenters. The predicted molar refractivity (Wildman–Crippen MR) is 86.4 cm³/mol. The van der Waals surface area contributed by atoms with Crippen molar-refractivity contribution in [2.45, 2.75) is 53.1 Å². The number of thiophene rings is 1. The fraction of sp³-hybridized carbons (Fsp3) is 0.529. The number of hydrogen-bond donors (Lipinski definition) is 1. The highest BCUT2D eigenvalue weighted by Gasteiger charge is 2.32. The Bertz CT molecular complexity index is 614. The minimum absolute atomic E-state index is 0.196. The van der Waals surface area contributed by atoms with Crippen molar-refractivity contribution in [2.24, 2.45) is 11.1 Å². The number of nitrogens with two attached hydrogens (primary N) is 1. The molecule has 0 saturated carbocycles. The fourth-order valence-corrected chi connectivity index (χ4v) is 4.39. The Morgan fingerprint density at radius 3 is 2.80 bits per heavy atom. The standard InChI is InChI=1S/C17H24N2S/c1-11-7-13(20-12(11)2)10-19-6-5-14-15(18)8-17(3,4)9-16(14)19/h5-7,15H,8-10,18H2,1-4H3. The van der Waals surface area contributed by atoms with Gasteiger partial charge in [0.15, 0.2) is 0 Å². The van der Waals surface area contributed by atoms with Gasteiger partial charge in [-0.05, 0) is 55.4 Å². The monoisotopic (exact) mass is 288 g/mol. The molecule has 2 N–H and O–H groups in total. The van der Waals surface area contributed by atoms with E-state index in [9.17, 15) is 0 Å². The van der Waals surface area contributed by atoms with E-state index >= 15 is 0 Å². The van der Waals surface area contributed by atoms with Crippen LogP contribution in [0.3, 0.4) is 0 Å². The van der Waals surface area contributed by atoms with Crippen molar-refractivity contribution >= 4 is 11.3 Å². The average Bonchev–Trinajstić information content (AvgIpc) is 2.84. The first kappa shape index (κ1) is 13.9. The lowest BCUT2D eigenvalue weighted by Gasteiger charge is -2.34. The molecular weight excluding hydrogens is 264 g/mol. The maximum atomic E-state index is 6.35. The molecule has 3 heteroatoms. The lowest BCUT2D eigenvalue weighted by molar-refractivity contribution is 0.276. The van der Waals surface area contributed by atoms with E-state index in [-0.39, 0.29) is 6.04 Å². The molecule has 2 aromatic heterocycles. The van der Waals surface area contributed by atoms with Gasteiger partial charge in [0.05, 0.1) is 6.54 Å². The van der Waals surface area contributed by atoms with Crippen molar-refractivity contribution < 1.29 is 0 Å². The fourth-order valence-electron chi connectivity index (χ4n) is 3.34. The van der Waals surface area contributed by atoms with Crippen LogP contribution in [0.25, 0.3) is 0 Å². The Kier molecular flexibility index (Phi) is 3.30. The summed E-state index contributed by atoms with van der Waals surface area (Å²) < 4.78 is 2.40. The van der Waals surface area contributed by atoms with E-state index in [1.54, 1.807) is 0 Å². The van der Waals surface area contributed by atoms with E-state index in [0.717, 1.165) is 19.4 Å². The zero-order chi connectivity index (χ0) is 14.5. The average molecular weight is 288 g/mol. The normalized spacial score (nSPS) is 20.9. The lowest BCUT2D eigenvalue weighted by Crippen LogP contribution is -2.30. The van der Waals surface area contributed by atoms with Crippen molar-refractivity contribution in [3.8, 4) is 0 Å². The first-order valence-corrected chi connectivity index (χ1v) is 8.17. The first-order chi connectivity index (χ1) is 9.35. The summed E-state index contributed by atoms with van der Waals surface area (Å²) in [5.41, 5.74) is 10.9. The van der Waals surface area contributed by atoms with Gasteiger partial charge in [-0.15, -0.1) is 11.3 Å². The van der Waals surface area contributed by atoms with Gasteiger partial charge < -0.3 is 10.3 Å². The summed E-state index contributed by atoms with van der Waals surface area (Å²) >= 11 is 1.91. The number of aryl methyl sites for hydroxylation is 2. The van der Waals surface area contributed by atoms with Gasteiger partial charge in [0, 0.05) is 27.7 Å². The second kappa shape index (κ2) is 4.74. The van der Waals surface area contributed by atoms with Gasteiger partial charge in [-0.3, -0.25) is 0 Å². The molecule has 0 bridgehead atoms. The number of rotatable bonds is 2. The topological polar surface area (TPSA) is 30.9 Å². The lowest BCUT2D eigenvalue weighted by atomic mass is 9.74. The van der Waals surface area contributed by atoms with Crippen molar-refractivity contribution in [2.75, 3.05) is 0 Å². The van der Waals surface area contributed by atoms with E-state index < -0.39 is 0 Å². The van der Waals surface area contributed by atoms with E-state index in [0.29, 0.717) is 5.41 Å². The van der Waals surface area contributed by atoms with E-state index in [1.807, 2.05) is 11.3 Å². The quantitative estimate of drug-likeness (QED) is 0.882. The van der Waals surface area contributed by atoms with Crippen molar-refractivity contribution in [3.05, 3.63) is 44.9 Å². The summed E-state index contributed by atoms with van der Waals surface area (Å²) in [4.78, 5) is 2.87. The van der Waals surface area contributed by atoms with Crippen LogP contribution in [0.1, 0.15) is 52.9 Å². The minimum atomic E-state index is 0.196. The van der Waals surface area contributed by atoms with Gasteiger partial charge in [-0.25, -0.2) is 0 Å². The molecule has 0 amide bonds. The van der Waals surface area contributed by atoms with E-state index in [2.05, 4.69) is 50.6 Å². The SMILES string of the molecule is Cc1cc(Cn2ccc3c2CC(C)(C)CC3N)sc1C.